The zero-order valence-electron chi connectivity index (χ0n) is 14.6. The van der Waals surface area contributed by atoms with Gasteiger partial charge in [-0.05, 0) is 25.5 Å². The molecule has 1 aromatic carbocycles. The Kier molecular flexibility index (Phi) is 6.31. The van der Waals surface area contributed by atoms with Crippen LogP contribution in [0.3, 0.4) is 0 Å². The summed E-state index contributed by atoms with van der Waals surface area (Å²) >= 11 is 0. The van der Waals surface area contributed by atoms with E-state index in [9.17, 15) is 19.5 Å². The minimum atomic E-state index is -0.772. The van der Waals surface area contributed by atoms with Gasteiger partial charge in [0.15, 0.2) is 0 Å². The number of hydrogen-bond donors (Lipinski definition) is 4. The van der Waals surface area contributed by atoms with Crippen molar-refractivity contribution in [2.24, 2.45) is 5.10 Å². The van der Waals surface area contributed by atoms with Gasteiger partial charge in [0.1, 0.15) is 5.56 Å². The van der Waals surface area contributed by atoms with Crippen LogP contribution in [-0.4, -0.2) is 26.4 Å². The average Bonchev–Trinajstić information content (AvgIpc) is 2.60. The van der Waals surface area contributed by atoms with E-state index in [0.717, 1.165) is 11.0 Å². The number of aromatic hydroxyl groups is 1. The van der Waals surface area contributed by atoms with Crippen LogP contribution in [0.15, 0.2) is 45.0 Å². The fourth-order valence-electron chi connectivity index (χ4n) is 2.28. The fraction of sp³-hybridized carbons (Fsp3) is 0.294. The highest BCUT2D eigenvalue weighted by molar-refractivity contribution is 6.01. The van der Waals surface area contributed by atoms with Gasteiger partial charge in [0.05, 0.1) is 5.71 Å². The number of aromatic amines is 1. The second-order valence-electron chi connectivity index (χ2n) is 5.59. The number of amides is 2. The molecule has 2 rings (SSSR count). The van der Waals surface area contributed by atoms with Crippen molar-refractivity contribution < 1.29 is 9.90 Å². The number of hydrazone groups is 1. The molecule has 0 radical (unpaired) electrons. The van der Waals surface area contributed by atoms with Gasteiger partial charge in [-0.3, -0.25) is 14.3 Å². The molecule has 2 amide bonds. The molecular formula is C17H21N5O4. The van der Waals surface area contributed by atoms with Crippen LogP contribution in [0.25, 0.3) is 0 Å². The Morgan fingerprint density at radius 1 is 1.27 bits per heavy atom. The number of unbranched alkanes of at least 4 members (excludes halogenated alkanes) is 1. The van der Waals surface area contributed by atoms with Crippen LogP contribution in [0.5, 0.6) is 5.88 Å². The van der Waals surface area contributed by atoms with Gasteiger partial charge in [-0.25, -0.2) is 15.0 Å². The van der Waals surface area contributed by atoms with Gasteiger partial charge in [0.2, 0.25) is 5.88 Å². The van der Waals surface area contributed by atoms with Crippen molar-refractivity contribution >= 4 is 17.4 Å². The summed E-state index contributed by atoms with van der Waals surface area (Å²) in [4.78, 5) is 37.9. The third-order valence-corrected chi connectivity index (χ3v) is 3.63. The molecule has 26 heavy (non-hydrogen) atoms. The van der Waals surface area contributed by atoms with E-state index in [4.69, 9.17) is 0 Å². The predicted molar refractivity (Wildman–Crippen MR) is 98.7 cm³/mol. The number of anilines is 1. The molecule has 2 aromatic rings. The number of carbonyl (C=O) groups is 1. The largest absolute Gasteiger partial charge is 0.494 e. The van der Waals surface area contributed by atoms with Gasteiger partial charge >= 0.3 is 11.7 Å². The van der Waals surface area contributed by atoms with Crippen LogP contribution >= 0.6 is 0 Å². The number of nitrogens with one attached hydrogen (secondary N) is 3. The molecule has 9 nitrogen and oxygen atoms in total. The smallest absolute Gasteiger partial charge is 0.339 e. The zero-order chi connectivity index (χ0) is 19.1. The lowest BCUT2D eigenvalue weighted by Gasteiger charge is -2.11. The summed E-state index contributed by atoms with van der Waals surface area (Å²) < 4.78 is 1.07. The lowest BCUT2D eigenvalue weighted by molar-refractivity contribution is 0.252. The first kappa shape index (κ1) is 19.0. The first-order valence-electron chi connectivity index (χ1n) is 8.16. The lowest BCUT2D eigenvalue weighted by atomic mass is 10.2. The summed E-state index contributed by atoms with van der Waals surface area (Å²) in [5.74, 6) is -0.473. The number of carbonyl (C=O) groups excluding carboxylic acids is 1. The number of urea groups is 1. The first-order chi connectivity index (χ1) is 12.4. The summed E-state index contributed by atoms with van der Waals surface area (Å²) in [6.07, 6.45) is 1.47. The molecule has 0 unspecified atom stereocenters. The number of nitrogens with zero attached hydrogens (tertiary/aromatic N) is 2. The standard InChI is InChI=1S/C17H21N5O4/c1-3-4-10-22-15(24)13(14(23)19-17(22)26)11(2)20-21-16(25)18-12-8-6-5-7-9-12/h5-9,24H,3-4,10H2,1-2H3,(H2,18,21,25)(H,19,23,26). The minimum Gasteiger partial charge on any atom is -0.494 e. The highest BCUT2D eigenvalue weighted by atomic mass is 16.3. The average molecular weight is 359 g/mol. The van der Waals surface area contributed by atoms with Crippen molar-refractivity contribution in [2.45, 2.75) is 33.2 Å². The molecular weight excluding hydrogens is 338 g/mol. The van der Waals surface area contributed by atoms with Crippen molar-refractivity contribution in [1.82, 2.24) is 15.0 Å². The highest BCUT2D eigenvalue weighted by Crippen LogP contribution is 2.12. The Bertz CT molecular complexity index is 915. The summed E-state index contributed by atoms with van der Waals surface area (Å²) in [6, 6.07) is 8.15. The van der Waals surface area contributed by atoms with Crippen molar-refractivity contribution in [3.05, 3.63) is 56.7 Å². The molecule has 1 aromatic heterocycles. The Morgan fingerprint density at radius 3 is 2.62 bits per heavy atom. The number of benzene rings is 1. The summed E-state index contributed by atoms with van der Waals surface area (Å²) in [5, 5.41) is 16.7. The van der Waals surface area contributed by atoms with Gasteiger partial charge in [0, 0.05) is 12.2 Å². The molecule has 4 N–H and O–H groups in total. The molecule has 138 valence electrons. The van der Waals surface area contributed by atoms with E-state index in [1.165, 1.54) is 6.92 Å². The number of hydrogen-bond acceptors (Lipinski definition) is 5. The van der Waals surface area contributed by atoms with Crippen molar-refractivity contribution in [2.75, 3.05) is 5.32 Å². The van der Waals surface area contributed by atoms with E-state index in [1.54, 1.807) is 24.3 Å². The van der Waals surface area contributed by atoms with Crippen molar-refractivity contribution in [3.8, 4) is 5.88 Å². The quantitative estimate of drug-likeness (QED) is 0.461. The third-order valence-electron chi connectivity index (χ3n) is 3.63. The summed E-state index contributed by atoms with van der Waals surface area (Å²) in [7, 11) is 0. The molecule has 0 saturated heterocycles. The van der Waals surface area contributed by atoms with E-state index in [1.807, 2.05) is 13.0 Å². The van der Waals surface area contributed by atoms with Gasteiger partial charge in [-0.1, -0.05) is 31.5 Å². The first-order valence-corrected chi connectivity index (χ1v) is 8.16. The molecule has 0 fully saturated rings. The monoisotopic (exact) mass is 359 g/mol. The molecule has 0 bridgehead atoms. The van der Waals surface area contributed by atoms with Gasteiger partial charge in [0.25, 0.3) is 5.56 Å². The van der Waals surface area contributed by atoms with Crippen LogP contribution < -0.4 is 22.0 Å². The molecule has 0 atom stereocenters. The molecule has 9 heteroatoms. The Morgan fingerprint density at radius 2 is 1.96 bits per heavy atom. The minimum absolute atomic E-state index is 0.0669. The lowest BCUT2D eigenvalue weighted by Crippen LogP contribution is -2.34. The number of para-hydroxylation sites is 1. The molecule has 1 heterocycles. The fourth-order valence-corrected chi connectivity index (χ4v) is 2.28. The van der Waals surface area contributed by atoms with E-state index in [-0.39, 0.29) is 17.8 Å². The topological polar surface area (TPSA) is 129 Å². The molecule has 0 aliphatic rings. The van der Waals surface area contributed by atoms with Gasteiger partial charge in [-0.2, -0.15) is 5.10 Å². The van der Waals surface area contributed by atoms with Crippen LogP contribution in [0, 0.1) is 0 Å². The Labute approximate surface area is 149 Å². The van der Waals surface area contributed by atoms with Crippen LogP contribution in [0.2, 0.25) is 0 Å². The summed E-state index contributed by atoms with van der Waals surface area (Å²) in [6.45, 7) is 3.65. The highest BCUT2D eigenvalue weighted by Gasteiger charge is 2.16. The number of H-pyrrole nitrogens is 1. The molecule has 0 saturated carbocycles. The van der Waals surface area contributed by atoms with Crippen LogP contribution in [0.4, 0.5) is 10.5 Å². The SMILES string of the molecule is CCCCn1c(O)c(C(C)=NNC(=O)Nc2ccccc2)c(=O)[nH]c1=O. The van der Waals surface area contributed by atoms with Crippen LogP contribution in [0.1, 0.15) is 32.3 Å². The van der Waals surface area contributed by atoms with E-state index in [2.05, 4.69) is 20.8 Å². The second-order valence-corrected chi connectivity index (χ2v) is 5.59. The predicted octanol–water partition coefficient (Wildman–Crippen LogP) is 1.59. The normalized spacial score (nSPS) is 11.2. The van der Waals surface area contributed by atoms with Gasteiger partial charge in [-0.15, -0.1) is 0 Å². The van der Waals surface area contributed by atoms with E-state index < -0.39 is 23.2 Å². The van der Waals surface area contributed by atoms with Crippen molar-refractivity contribution in [1.29, 1.82) is 0 Å². The van der Waals surface area contributed by atoms with E-state index in [0.29, 0.717) is 12.1 Å². The number of rotatable bonds is 6. The Balaban J connectivity index is 2.21. The third kappa shape index (κ3) is 4.59. The molecule has 0 spiro atoms. The van der Waals surface area contributed by atoms with Crippen molar-refractivity contribution in [3.63, 3.8) is 0 Å². The number of aromatic nitrogens is 2. The zero-order valence-corrected chi connectivity index (χ0v) is 14.6. The molecule has 0 aliphatic heterocycles. The van der Waals surface area contributed by atoms with E-state index >= 15 is 0 Å². The second kappa shape index (κ2) is 8.65. The van der Waals surface area contributed by atoms with Crippen LogP contribution in [-0.2, 0) is 6.54 Å². The Hall–Kier alpha value is -3.36. The maximum Gasteiger partial charge on any atom is 0.339 e. The molecule has 0 aliphatic carbocycles. The summed E-state index contributed by atoms with van der Waals surface area (Å²) in [5.41, 5.74) is 1.26. The maximum absolute atomic E-state index is 12.0. The van der Waals surface area contributed by atoms with Gasteiger partial charge < -0.3 is 10.4 Å². The maximum atomic E-state index is 12.0.